The summed E-state index contributed by atoms with van der Waals surface area (Å²) in [5.74, 6) is 3.20. The minimum absolute atomic E-state index is 0.0415. The number of carbonyl (C=O) groups is 1. The Balaban J connectivity index is 2.62. The molecule has 13 heavy (non-hydrogen) atoms. The van der Waals surface area contributed by atoms with Gasteiger partial charge >= 0.3 is 6.18 Å². The summed E-state index contributed by atoms with van der Waals surface area (Å²) in [6, 6.07) is 0. The number of rotatable bonds is 2. The second kappa shape index (κ2) is 3.51. The van der Waals surface area contributed by atoms with Crippen molar-refractivity contribution < 1.29 is 22.8 Å². The summed E-state index contributed by atoms with van der Waals surface area (Å²) in [4.78, 5) is 14.5. The van der Waals surface area contributed by atoms with Crippen LogP contribution in [0.5, 0.6) is 0 Å². The van der Waals surface area contributed by atoms with E-state index in [0.717, 1.165) is 0 Å². The van der Waals surface area contributed by atoms with E-state index in [0.29, 0.717) is 0 Å². The van der Waals surface area contributed by atoms with Gasteiger partial charge in [-0.15, -0.1) is 0 Å². The lowest BCUT2D eigenvalue weighted by atomic mass is 10.0. The van der Waals surface area contributed by atoms with Crippen molar-refractivity contribution in [1.82, 2.24) is 5.32 Å². The molecule has 7 heteroatoms. The number of carbonyl (C=O) groups excluding carboxylic acids is 1. The molecule has 1 heterocycles. The third-order valence-electron chi connectivity index (χ3n) is 1.91. The molecule has 0 spiro atoms. The molecule has 4 nitrogen and oxygen atoms in total. The lowest BCUT2D eigenvalue weighted by Gasteiger charge is -2.22. The van der Waals surface area contributed by atoms with Gasteiger partial charge in [0.05, 0.1) is 0 Å². The van der Waals surface area contributed by atoms with E-state index in [1.54, 1.807) is 0 Å². The van der Waals surface area contributed by atoms with E-state index in [2.05, 4.69) is 16.1 Å². The number of amides is 1. The standard InChI is InChI=1S/C6H9F3N2O2/c7-6(8,9)5(13-10)3-1-4(12)11-2-3/h3,5H,1-2,10H2,(H,11,12). The number of halogens is 3. The Bertz CT molecular complexity index is 207. The zero-order valence-electron chi connectivity index (χ0n) is 6.60. The van der Waals surface area contributed by atoms with Crippen LogP contribution in [0.15, 0.2) is 0 Å². The summed E-state index contributed by atoms with van der Waals surface area (Å²) in [6.45, 7) is -0.0415. The van der Waals surface area contributed by atoms with E-state index < -0.39 is 24.1 Å². The highest BCUT2D eigenvalue weighted by molar-refractivity contribution is 5.78. The van der Waals surface area contributed by atoms with Crippen LogP contribution < -0.4 is 11.2 Å². The molecule has 1 amide bonds. The molecule has 0 aromatic carbocycles. The average Bonchev–Trinajstić information content (AvgIpc) is 2.34. The minimum Gasteiger partial charge on any atom is -0.356 e. The first-order valence-corrected chi connectivity index (χ1v) is 3.64. The van der Waals surface area contributed by atoms with Crippen LogP contribution in [0.25, 0.3) is 0 Å². The molecule has 1 aliphatic rings. The Kier molecular flexibility index (Phi) is 2.77. The van der Waals surface area contributed by atoms with Gasteiger partial charge in [-0.3, -0.25) is 9.63 Å². The fourth-order valence-corrected chi connectivity index (χ4v) is 1.30. The first-order valence-electron chi connectivity index (χ1n) is 3.64. The van der Waals surface area contributed by atoms with Crippen molar-refractivity contribution in [3.8, 4) is 0 Å². The largest absolute Gasteiger partial charge is 0.416 e. The third kappa shape index (κ3) is 2.31. The number of alkyl halides is 3. The van der Waals surface area contributed by atoms with E-state index in [9.17, 15) is 18.0 Å². The van der Waals surface area contributed by atoms with Crippen molar-refractivity contribution in [1.29, 1.82) is 0 Å². The van der Waals surface area contributed by atoms with Crippen molar-refractivity contribution >= 4 is 5.91 Å². The monoisotopic (exact) mass is 198 g/mol. The van der Waals surface area contributed by atoms with Crippen LogP contribution in [0.1, 0.15) is 6.42 Å². The first kappa shape index (κ1) is 10.3. The van der Waals surface area contributed by atoms with Crippen molar-refractivity contribution in [2.45, 2.75) is 18.7 Å². The number of nitrogens with two attached hydrogens (primary N) is 1. The molecule has 1 aliphatic heterocycles. The second-order valence-electron chi connectivity index (χ2n) is 2.87. The molecule has 76 valence electrons. The van der Waals surface area contributed by atoms with Gasteiger partial charge in [-0.05, 0) is 0 Å². The van der Waals surface area contributed by atoms with Crippen LogP contribution in [0.2, 0.25) is 0 Å². The van der Waals surface area contributed by atoms with E-state index in [1.165, 1.54) is 0 Å². The first-order chi connectivity index (χ1) is 5.95. The van der Waals surface area contributed by atoms with Gasteiger partial charge in [0.15, 0.2) is 6.10 Å². The van der Waals surface area contributed by atoms with Gasteiger partial charge in [-0.1, -0.05) is 0 Å². The Labute approximate surface area is 72.2 Å². The molecule has 0 radical (unpaired) electrons. The molecule has 2 unspecified atom stereocenters. The van der Waals surface area contributed by atoms with E-state index >= 15 is 0 Å². The van der Waals surface area contributed by atoms with Crippen molar-refractivity contribution in [2.24, 2.45) is 11.8 Å². The summed E-state index contributed by atoms with van der Waals surface area (Å²) in [7, 11) is 0. The molecule has 0 bridgehead atoms. The van der Waals surface area contributed by atoms with Crippen molar-refractivity contribution in [3.63, 3.8) is 0 Å². The van der Waals surface area contributed by atoms with Gasteiger partial charge in [-0.2, -0.15) is 13.2 Å². The van der Waals surface area contributed by atoms with Gasteiger partial charge in [0.1, 0.15) is 0 Å². The normalized spacial score (nSPS) is 25.8. The highest BCUT2D eigenvalue weighted by Crippen LogP contribution is 2.30. The maximum Gasteiger partial charge on any atom is 0.416 e. The highest BCUT2D eigenvalue weighted by Gasteiger charge is 2.47. The summed E-state index contributed by atoms with van der Waals surface area (Å²) >= 11 is 0. The van der Waals surface area contributed by atoms with E-state index in [4.69, 9.17) is 0 Å². The summed E-state index contributed by atoms with van der Waals surface area (Å²) in [5, 5.41) is 2.28. The lowest BCUT2D eigenvalue weighted by molar-refractivity contribution is -0.235. The average molecular weight is 198 g/mol. The Morgan fingerprint density at radius 2 is 2.23 bits per heavy atom. The fraction of sp³-hybridized carbons (Fsp3) is 0.833. The van der Waals surface area contributed by atoms with E-state index in [-0.39, 0.29) is 13.0 Å². The molecule has 1 saturated heterocycles. The van der Waals surface area contributed by atoms with Crippen LogP contribution in [0, 0.1) is 5.92 Å². The van der Waals surface area contributed by atoms with Crippen LogP contribution in [-0.2, 0) is 9.63 Å². The number of nitrogens with one attached hydrogen (secondary N) is 1. The van der Waals surface area contributed by atoms with Crippen molar-refractivity contribution in [3.05, 3.63) is 0 Å². The predicted molar refractivity (Wildman–Crippen MR) is 36.2 cm³/mol. The summed E-state index contributed by atoms with van der Waals surface area (Å²) in [6.07, 6.45) is -6.78. The predicted octanol–water partition coefficient (Wildman–Crippen LogP) is -0.0563. The number of hydrogen-bond donors (Lipinski definition) is 2. The second-order valence-corrected chi connectivity index (χ2v) is 2.87. The lowest BCUT2D eigenvalue weighted by Crippen LogP contribution is -2.41. The van der Waals surface area contributed by atoms with Gasteiger partial charge < -0.3 is 5.32 Å². The molecule has 1 fully saturated rings. The maximum absolute atomic E-state index is 12.2. The topological polar surface area (TPSA) is 64.3 Å². The molecule has 2 atom stereocenters. The van der Waals surface area contributed by atoms with Gasteiger partial charge in [0.25, 0.3) is 0 Å². The molecule has 0 saturated carbocycles. The minimum atomic E-state index is -4.52. The molecule has 3 N–H and O–H groups in total. The Morgan fingerprint density at radius 3 is 2.54 bits per heavy atom. The van der Waals surface area contributed by atoms with E-state index in [1.807, 2.05) is 0 Å². The molecular formula is C6H9F3N2O2. The zero-order chi connectivity index (χ0) is 10.1. The summed E-state index contributed by atoms with van der Waals surface area (Å²) < 4.78 is 36.5. The van der Waals surface area contributed by atoms with Crippen LogP contribution >= 0.6 is 0 Å². The van der Waals surface area contributed by atoms with Gasteiger partial charge in [-0.25, -0.2) is 5.90 Å². The van der Waals surface area contributed by atoms with Crippen LogP contribution in [-0.4, -0.2) is 24.7 Å². The fourth-order valence-electron chi connectivity index (χ4n) is 1.30. The highest BCUT2D eigenvalue weighted by atomic mass is 19.4. The van der Waals surface area contributed by atoms with Crippen LogP contribution in [0.3, 0.4) is 0 Å². The van der Waals surface area contributed by atoms with Crippen molar-refractivity contribution in [2.75, 3.05) is 6.54 Å². The molecule has 1 rings (SSSR count). The maximum atomic E-state index is 12.2. The van der Waals surface area contributed by atoms with Crippen LogP contribution in [0.4, 0.5) is 13.2 Å². The SMILES string of the molecule is NOC(C1CNC(=O)C1)C(F)(F)F. The zero-order valence-corrected chi connectivity index (χ0v) is 6.60. The summed E-state index contributed by atoms with van der Waals surface area (Å²) in [5.41, 5.74) is 0. The van der Waals surface area contributed by atoms with Gasteiger partial charge in [0.2, 0.25) is 5.91 Å². The molecule has 0 aromatic heterocycles. The quantitative estimate of drug-likeness (QED) is 0.611. The number of hydrogen-bond acceptors (Lipinski definition) is 3. The molecule has 0 aliphatic carbocycles. The molecule has 0 aromatic rings. The smallest absolute Gasteiger partial charge is 0.356 e. The Hall–Kier alpha value is -0.820. The van der Waals surface area contributed by atoms with Gasteiger partial charge in [0, 0.05) is 18.9 Å². The Morgan fingerprint density at radius 1 is 1.62 bits per heavy atom. The molecular weight excluding hydrogens is 189 g/mol. The third-order valence-corrected chi connectivity index (χ3v) is 1.91.